The largest absolute Gasteiger partial charge is 0.399 e. The highest BCUT2D eigenvalue weighted by Gasteiger charge is 2.26. The number of benzene rings is 1. The van der Waals surface area contributed by atoms with Crippen molar-refractivity contribution in [3.8, 4) is 0 Å². The highest BCUT2D eigenvalue weighted by Crippen LogP contribution is 2.16. The van der Waals surface area contributed by atoms with Gasteiger partial charge in [0.15, 0.2) is 0 Å². The minimum Gasteiger partial charge on any atom is -0.399 e. The van der Waals surface area contributed by atoms with E-state index < -0.39 is 25.6 Å². The van der Waals surface area contributed by atoms with Crippen LogP contribution in [0.15, 0.2) is 24.3 Å². The molecule has 0 radical (unpaired) electrons. The lowest BCUT2D eigenvalue weighted by molar-refractivity contribution is 0.349. The van der Waals surface area contributed by atoms with E-state index in [9.17, 15) is 16.8 Å². The molecule has 0 aliphatic heterocycles. The molecule has 21 heavy (non-hydrogen) atoms. The second-order valence-corrected chi connectivity index (χ2v) is 9.63. The Kier molecular flexibility index (Phi) is 5.77. The van der Waals surface area contributed by atoms with Crippen molar-refractivity contribution in [3.05, 3.63) is 29.8 Å². The summed E-state index contributed by atoms with van der Waals surface area (Å²) in [4.78, 5) is 0. The Morgan fingerprint density at radius 2 is 1.76 bits per heavy atom. The Morgan fingerprint density at radius 3 is 2.24 bits per heavy atom. The van der Waals surface area contributed by atoms with Crippen LogP contribution >= 0.6 is 0 Å². The van der Waals surface area contributed by atoms with Crippen molar-refractivity contribution in [2.75, 3.05) is 23.5 Å². The molecule has 0 atom stereocenters. The fourth-order valence-corrected chi connectivity index (χ4v) is 5.12. The van der Waals surface area contributed by atoms with Gasteiger partial charge >= 0.3 is 0 Å². The molecule has 0 spiro atoms. The molecule has 120 valence electrons. The zero-order chi connectivity index (χ0) is 16.3. The first-order valence-electron chi connectivity index (χ1n) is 6.53. The maximum atomic E-state index is 12.3. The first-order chi connectivity index (χ1) is 9.51. The summed E-state index contributed by atoms with van der Waals surface area (Å²) in [6, 6.07) is 6.71. The third-order valence-electron chi connectivity index (χ3n) is 2.93. The van der Waals surface area contributed by atoms with Crippen LogP contribution in [-0.2, 0) is 26.4 Å². The molecule has 1 rings (SSSR count). The van der Waals surface area contributed by atoms with Gasteiger partial charge < -0.3 is 5.73 Å². The molecule has 1 aromatic carbocycles. The highest BCUT2D eigenvalue weighted by molar-refractivity contribution is 7.93. The summed E-state index contributed by atoms with van der Waals surface area (Å²) in [6.07, 6.45) is 1.03. The predicted octanol–water partition coefficient (Wildman–Crippen LogP) is 0.854. The van der Waals surface area contributed by atoms with Crippen LogP contribution in [0.3, 0.4) is 0 Å². The molecule has 0 saturated heterocycles. The van der Waals surface area contributed by atoms with Crippen LogP contribution in [0.1, 0.15) is 19.4 Å². The topological polar surface area (TPSA) is 97.5 Å². The van der Waals surface area contributed by atoms with E-state index in [2.05, 4.69) is 0 Å². The molecule has 0 aliphatic carbocycles. The molecule has 1 aromatic rings. The monoisotopic (exact) mass is 334 g/mol. The van der Waals surface area contributed by atoms with Gasteiger partial charge in [0.25, 0.3) is 0 Å². The number of sulfonamides is 1. The third kappa shape index (κ3) is 6.03. The maximum absolute atomic E-state index is 12.3. The van der Waals surface area contributed by atoms with E-state index >= 15 is 0 Å². The first kappa shape index (κ1) is 17.9. The van der Waals surface area contributed by atoms with Crippen LogP contribution in [0.25, 0.3) is 0 Å². The third-order valence-corrected chi connectivity index (χ3v) is 6.12. The molecule has 0 heterocycles. The van der Waals surface area contributed by atoms with Gasteiger partial charge in [-0.3, -0.25) is 0 Å². The van der Waals surface area contributed by atoms with Gasteiger partial charge in [0.1, 0.15) is 9.84 Å². The highest BCUT2D eigenvalue weighted by atomic mass is 32.2. The van der Waals surface area contributed by atoms with Crippen molar-refractivity contribution in [2.24, 2.45) is 0 Å². The van der Waals surface area contributed by atoms with Crippen molar-refractivity contribution in [1.29, 1.82) is 0 Å². The van der Waals surface area contributed by atoms with Gasteiger partial charge in [-0.25, -0.2) is 16.8 Å². The van der Waals surface area contributed by atoms with E-state index in [1.165, 1.54) is 4.31 Å². The van der Waals surface area contributed by atoms with E-state index in [0.29, 0.717) is 5.69 Å². The first-order valence-corrected chi connectivity index (χ1v) is 10.2. The summed E-state index contributed by atoms with van der Waals surface area (Å²) in [7, 11) is -6.97. The van der Waals surface area contributed by atoms with Crippen LogP contribution in [0.5, 0.6) is 0 Å². The molecule has 0 aliphatic rings. The lowest BCUT2D eigenvalue weighted by atomic mass is 10.2. The molecular formula is C13H22N2O4S2. The SMILES string of the molecule is CC(C)N(Cc1cccc(N)c1)S(=O)(=O)CCS(C)(=O)=O. The number of sulfone groups is 1. The lowest BCUT2D eigenvalue weighted by Gasteiger charge is -2.26. The average Bonchev–Trinajstić information content (AvgIpc) is 2.32. The van der Waals surface area contributed by atoms with Crippen molar-refractivity contribution in [3.63, 3.8) is 0 Å². The molecule has 0 saturated carbocycles. The normalized spacial score (nSPS) is 13.0. The zero-order valence-electron chi connectivity index (χ0n) is 12.5. The van der Waals surface area contributed by atoms with E-state index in [0.717, 1.165) is 11.8 Å². The Balaban J connectivity index is 2.96. The number of nitrogens with zero attached hydrogens (tertiary/aromatic N) is 1. The minimum atomic E-state index is -3.65. The molecule has 6 nitrogen and oxygen atoms in total. The Bertz CT molecular complexity index is 682. The number of rotatable bonds is 7. The van der Waals surface area contributed by atoms with Crippen LogP contribution in [0.4, 0.5) is 5.69 Å². The zero-order valence-corrected chi connectivity index (χ0v) is 14.1. The smallest absolute Gasteiger partial charge is 0.215 e. The van der Waals surface area contributed by atoms with E-state index in [1.807, 2.05) is 0 Å². The van der Waals surface area contributed by atoms with Gasteiger partial charge in [-0.1, -0.05) is 12.1 Å². The Morgan fingerprint density at radius 1 is 1.14 bits per heavy atom. The molecule has 0 amide bonds. The lowest BCUT2D eigenvalue weighted by Crippen LogP contribution is -2.39. The van der Waals surface area contributed by atoms with Gasteiger partial charge in [0.05, 0.1) is 11.5 Å². The quantitative estimate of drug-likeness (QED) is 0.746. The maximum Gasteiger partial charge on any atom is 0.215 e. The van der Waals surface area contributed by atoms with Gasteiger partial charge in [-0.05, 0) is 31.5 Å². The van der Waals surface area contributed by atoms with Crippen molar-refractivity contribution >= 4 is 25.5 Å². The summed E-state index contributed by atoms with van der Waals surface area (Å²) < 4.78 is 48.3. The van der Waals surface area contributed by atoms with Crippen LogP contribution < -0.4 is 5.73 Å². The van der Waals surface area contributed by atoms with E-state index in [4.69, 9.17) is 5.73 Å². The fraction of sp³-hybridized carbons (Fsp3) is 0.538. The van der Waals surface area contributed by atoms with Crippen molar-refractivity contribution in [2.45, 2.75) is 26.4 Å². The average molecular weight is 334 g/mol. The van der Waals surface area contributed by atoms with E-state index in [-0.39, 0.29) is 18.3 Å². The molecule has 0 bridgehead atoms. The standard InChI is InChI=1S/C13H22N2O4S2/c1-11(2)15(10-12-5-4-6-13(14)9-12)21(18,19)8-7-20(3,16)17/h4-6,9,11H,7-8,10,14H2,1-3H3. The van der Waals surface area contributed by atoms with Gasteiger partial charge in [-0.15, -0.1) is 0 Å². The van der Waals surface area contributed by atoms with Crippen LogP contribution in [-0.4, -0.2) is 44.9 Å². The van der Waals surface area contributed by atoms with E-state index in [1.54, 1.807) is 38.1 Å². The van der Waals surface area contributed by atoms with Crippen molar-refractivity contribution < 1.29 is 16.8 Å². The molecule has 0 unspecified atom stereocenters. The summed E-state index contributed by atoms with van der Waals surface area (Å²) >= 11 is 0. The van der Waals surface area contributed by atoms with Gasteiger partial charge in [0, 0.05) is 24.5 Å². The summed E-state index contributed by atoms with van der Waals surface area (Å²) in [6.45, 7) is 3.68. The second kappa shape index (κ2) is 6.76. The summed E-state index contributed by atoms with van der Waals surface area (Å²) in [5.41, 5.74) is 7.02. The predicted molar refractivity (Wildman–Crippen MR) is 85.0 cm³/mol. The van der Waals surface area contributed by atoms with Gasteiger partial charge in [-0.2, -0.15) is 4.31 Å². The Hall–Kier alpha value is -1.12. The molecular weight excluding hydrogens is 312 g/mol. The number of anilines is 1. The molecule has 0 aromatic heterocycles. The minimum absolute atomic E-state index is 0.175. The van der Waals surface area contributed by atoms with Crippen LogP contribution in [0.2, 0.25) is 0 Å². The summed E-state index contributed by atoms with van der Waals surface area (Å²) in [5.74, 6) is -0.790. The fourth-order valence-electron chi connectivity index (χ4n) is 1.85. The number of hydrogen-bond donors (Lipinski definition) is 1. The molecule has 2 N–H and O–H groups in total. The van der Waals surface area contributed by atoms with Crippen LogP contribution in [0, 0.1) is 0 Å². The number of hydrogen-bond acceptors (Lipinski definition) is 5. The van der Waals surface area contributed by atoms with Gasteiger partial charge in [0.2, 0.25) is 10.0 Å². The number of nitrogen functional groups attached to an aromatic ring is 1. The molecule has 0 fully saturated rings. The Labute approximate surface area is 126 Å². The summed E-state index contributed by atoms with van der Waals surface area (Å²) in [5, 5.41) is 0. The van der Waals surface area contributed by atoms with Crippen molar-refractivity contribution in [1.82, 2.24) is 4.31 Å². The number of nitrogens with two attached hydrogens (primary N) is 1. The molecule has 8 heteroatoms. The second-order valence-electron chi connectivity index (χ2n) is 5.33.